The van der Waals surface area contributed by atoms with Crippen LogP contribution < -0.4 is 10.1 Å². The third-order valence-electron chi connectivity index (χ3n) is 3.70. The van der Waals surface area contributed by atoms with Crippen LogP contribution in [0.5, 0.6) is 5.75 Å². The highest BCUT2D eigenvalue weighted by Crippen LogP contribution is 2.24. The first-order valence-corrected chi connectivity index (χ1v) is 7.37. The number of nitrogens with zero attached hydrogens (tertiary/aromatic N) is 1. The average molecular weight is 333 g/mol. The number of hydrogen-bond acceptors (Lipinski definition) is 3. The van der Waals surface area contributed by atoms with Gasteiger partial charge in [-0.2, -0.15) is 0 Å². The molecule has 0 bridgehead atoms. The molecule has 0 spiro atoms. The van der Waals surface area contributed by atoms with Crippen molar-refractivity contribution in [3.8, 4) is 5.75 Å². The van der Waals surface area contributed by atoms with Crippen LogP contribution in [-0.4, -0.2) is 43.1 Å². The Morgan fingerprint density at radius 3 is 2.57 bits per heavy atom. The Labute approximate surface area is 137 Å². The second kappa shape index (κ2) is 8.47. The van der Waals surface area contributed by atoms with Crippen molar-refractivity contribution in [1.29, 1.82) is 0 Å². The summed E-state index contributed by atoms with van der Waals surface area (Å²) < 4.78 is 5.67. The summed E-state index contributed by atoms with van der Waals surface area (Å²) >= 11 is 6.04. The van der Waals surface area contributed by atoms with Crippen LogP contribution in [0.3, 0.4) is 0 Å². The van der Waals surface area contributed by atoms with Crippen LogP contribution in [0.4, 0.5) is 0 Å². The molecule has 0 aromatic heterocycles. The lowest BCUT2D eigenvalue weighted by Crippen LogP contribution is -2.48. The van der Waals surface area contributed by atoms with Crippen molar-refractivity contribution in [1.82, 2.24) is 10.2 Å². The summed E-state index contributed by atoms with van der Waals surface area (Å²) in [5.41, 5.74) is 0. The van der Waals surface area contributed by atoms with Gasteiger partial charge < -0.3 is 15.0 Å². The topological polar surface area (TPSA) is 41.6 Å². The largest absolute Gasteiger partial charge is 0.479 e. The van der Waals surface area contributed by atoms with Crippen LogP contribution in [0, 0.1) is 0 Å². The zero-order valence-corrected chi connectivity index (χ0v) is 13.9. The van der Waals surface area contributed by atoms with Gasteiger partial charge in [-0.3, -0.25) is 4.79 Å². The zero-order valence-electron chi connectivity index (χ0n) is 12.3. The van der Waals surface area contributed by atoms with Crippen LogP contribution in [0.2, 0.25) is 5.02 Å². The van der Waals surface area contributed by atoms with Crippen molar-refractivity contribution in [3.63, 3.8) is 0 Å². The Hall–Kier alpha value is -0.970. The van der Waals surface area contributed by atoms with Gasteiger partial charge in [0.25, 0.3) is 5.91 Å². The van der Waals surface area contributed by atoms with E-state index in [-0.39, 0.29) is 18.3 Å². The van der Waals surface area contributed by atoms with E-state index in [2.05, 4.69) is 5.32 Å². The van der Waals surface area contributed by atoms with Crippen molar-refractivity contribution in [2.75, 3.05) is 20.1 Å². The molecule has 1 fully saturated rings. The van der Waals surface area contributed by atoms with Crippen LogP contribution in [0.15, 0.2) is 24.3 Å². The summed E-state index contributed by atoms with van der Waals surface area (Å²) in [6.45, 7) is 3.33. The highest BCUT2D eigenvalue weighted by atomic mass is 35.5. The van der Waals surface area contributed by atoms with Gasteiger partial charge in [-0.25, -0.2) is 0 Å². The van der Waals surface area contributed by atoms with Crippen LogP contribution >= 0.6 is 24.0 Å². The molecule has 1 amide bonds. The van der Waals surface area contributed by atoms with Gasteiger partial charge in [0.15, 0.2) is 6.10 Å². The molecular weight excluding hydrogens is 311 g/mol. The smallest absolute Gasteiger partial charge is 0.263 e. The minimum atomic E-state index is -0.513. The van der Waals surface area contributed by atoms with Crippen LogP contribution in [0.1, 0.15) is 19.8 Å². The van der Waals surface area contributed by atoms with E-state index in [9.17, 15) is 4.79 Å². The summed E-state index contributed by atoms with van der Waals surface area (Å²) in [5.74, 6) is 0.583. The molecule has 21 heavy (non-hydrogen) atoms. The second-order valence-electron chi connectivity index (χ2n) is 5.08. The standard InChI is InChI=1S/C15H21ClN2O2.ClH/c1-11(20-14-6-4-3-5-13(14)16)15(19)18-9-7-12(17-2)8-10-18;/h3-6,11-12,17H,7-10H2,1-2H3;1H. The number of likely N-dealkylation sites (tertiary alicyclic amines) is 1. The molecule has 1 N–H and O–H groups in total. The number of hydrogen-bond donors (Lipinski definition) is 1. The van der Waals surface area contributed by atoms with Crippen molar-refractivity contribution >= 4 is 29.9 Å². The summed E-state index contributed by atoms with van der Waals surface area (Å²) in [6, 6.07) is 7.73. The van der Waals surface area contributed by atoms with Gasteiger partial charge in [0.1, 0.15) is 5.75 Å². The maximum atomic E-state index is 12.3. The molecule has 2 rings (SSSR count). The molecule has 0 radical (unpaired) electrons. The van der Waals surface area contributed by atoms with Gasteiger partial charge in [-0.15, -0.1) is 12.4 Å². The van der Waals surface area contributed by atoms with Gasteiger partial charge in [-0.1, -0.05) is 23.7 Å². The first kappa shape index (κ1) is 18.1. The molecule has 1 aromatic rings. The molecule has 1 saturated heterocycles. The van der Waals surface area contributed by atoms with Gasteiger partial charge in [-0.05, 0) is 38.9 Å². The predicted molar refractivity (Wildman–Crippen MR) is 87.5 cm³/mol. The molecule has 1 heterocycles. The summed E-state index contributed by atoms with van der Waals surface area (Å²) in [5, 5.41) is 3.78. The zero-order chi connectivity index (χ0) is 14.5. The van der Waals surface area contributed by atoms with Crippen molar-refractivity contribution in [3.05, 3.63) is 29.3 Å². The Morgan fingerprint density at radius 2 is 2.00 bits per heavy atom. The fourth-order valence-electron chi connectivity index (χ4n) is 2.43. The van der Waals surface area contributed by atoms with Crippen LogP contribution in [-0.2, 0) is 4.79 Å². The van der Waals surface area contributed by atoms with E-state index in [0.717, 1.165) is 25.9 Å². The lowest BCUT2D eigenvalue weighted by atomic mass is 10.0. The molecule has 1 aliphatic heterocycles. The minimum absolute atomic E-state index is 0. The summed E-state index contributed by atoms with van der Waals surface area (Å²) in [7, 11) is 1.96. The van der Waals surface area contributed by atoms with Gasteiger partial charge in [0, 0.05) is 19.1 Å². The van der Waals surface area contributed by atoms with Crippen molar-refractivity contribution in [2.45, 2.75) is 31.9 Å². The first-order chi connectivity index (χ1) is 9.61. The number of para-hydroxylation sites is 1. The third kappa shape index (κ3) is 4.77. The molecule has 0 saturated carbocycles. The maximum absolute atomic E-state index is 12.3. The SMILES string of the molecule is CNC1CCN(C(=O)C(C)Oc2ccccc2Cl)CC1.Cl. The average Bonchev–Trinajstić information content (AvgIpc) is 2.49. The summed E-state index contributed by atoms with van der Waals surface area (Å²) in [4.78, 5) is 14.2. The number of rotatable bonds is 4. The molecular formula is C15H22Cl2N2O2. The fourth-order valence-corrected chi connectivity index (χ4v) is 2.61. The number of halogens is 2. The number of carbonyl (C=O) groups excluding carboxylic acids is 1. The minimum Gasteiger partial charge on any atom is -0.479 e. The monoisotopic (exact) mass is 332 g/mol. The van der Waals surface area contributed by atoms with E-state index in [1.807, 2.05) is 24.1 Å². The summed E-state index contributed by atoms with van der Waals surface area (Å²) in [6.07, 6.45) is 1.46. The molecule has 4 nitrogen and oxygen atoms in total. The number of ether oxygens (including phenoxy) is 1. The maximum Gasteiger partial charge on any atom is 0.263 e. The van der Waals surface area contributed by atoms with Gasteiger partial charge in [0.05, 0.1) is 5.02 Å². The normalized spacial score (nSPS) is 17.0. The van der Waals surface area contributed by atoms with E-state index < -0.39 is 6.10 Å². The molecule has 1 aromatic carbocycles. The number of piperidine rings is 1. The quantitative estimate of drug-likeness (QED) is 0.921. The first-order valence-electron chi connectivity index (χ1n) is 6.99. The van der Waals surface area contributed by atoms with Gasteiger partial charge >= 0.3 is 0 Å². The Balaban J connectivity index is 0.00000220. The fraction of sp³-hybridized carbons (Fsp3) is 0.533. The second-order valence-corrected chi connectivity index (χ2v) is 5.49. The number of nitrogens with one attached hydrogen (secondary N) is 1. The highest BCUT2D eigenvalue weighted by molar-refractivity contribution is 6.32. The molecule has 1 aliphatic rings. The number of carbonyl (C=O) groups is 1. The Morgan fingerprint density at radius 1 is 1.38 bits per heavy atom. The highest BCUT2D eigenvalue weighted by Gasteiger charge is 2.26. The van der Waals surface area contributed by atoms with Crippen LogP contribution in [0.25, 0.3) is 0 Å². The van der Waals surface area contributed by atoms with Gasteiger partial charge in [0.2, 0.25) is 0 Å². The molecule has 0 aliphatic carbocycles. The van der Waals surface area contributed by atoms with E-state index in [4.69, 9.17) is 16.3 Å². The van der Waals surface area contributed by atoms with E-state index in [0.29, 0.717) is 16.8 Å². The van der Waals surface area contributed by atoms with E-state index in [1.54, 1.807) is 19.1 Å². The molecule has 1 atom stereocenters. The Kier molecular flexibility index (Phi) is 7.29. The third-order valence-corrected chi connectivity index (χ3v) is 4.02. The van der Waals surface area contributed by atoms with Crippen molar-refractivity contribution in [2.24, 2.45) is 0 Å². The van der Waals surface area contributed by atoms with Crippen molar-refractivity contribution < 1.29 is 9.53 Å². The van der Waals surface area contributed by atoms with E-state index >= 15 is 0 Å². The molecule has 1 unspecified atom stereocenters. The molecule has 6 heteroatoms. The number of benzene rings is 1. The lowest BCUT2D eigenvalue weighted by molar-refractivity contribution is -0.139. The number of amides is 1. The lowest BCUT2D eigenvalue weighted by Gasteiger charge is -2.33. The Bertz CT molecular complexity index is 463. The van der Waals surface area contributed by atoms with E-state index in [1.165, 1.54) is 0 Å². The predicted octanol–water partition coefficient (Wildman–Crippen LogP) is 2.74. The molecule has 118 valence electrons.